The number of aryl methyl sites for hydroxylation is 1. The number of aromatic amines is 1. The van der Waals surface area contributed by atoms with Crippen LogP contribution in [0.4, 0.5) is 5.82 Å². The van der Waals surface area contributed by atoms with E-state index in [-0.39, 0.29) is 6.10 Å². The van der Waals surface area contributed by atoms with Gasteiger partial charge in [-0.15, -0.1) is 0 Å². The van der Waals surface area contributed by atoms with E-state index in [9.17, 15) is 4.79 Å². The molecule has 1 aliphatic carbocycles. The second kappa shape index (κ2) is 9.51. The lowest BCUT2D eigenvalue weighted by Gasteiger charge is -2.36. The molecule has 0 radical (unpaired) electrons. The van der Waals surface area contributed by atoms with Gasteiger partial charge in [-0.1, -0.05) is 6.07 Å². The van der Waals surface area contributed by atoms with Crippen LogP contribution in [0, 0.1) is 12.8 Å². The second-order valence-electron chi connectivity index (χ2n) is 9.57. The summed E-state index contributed by atoms with van der Waals surface area (Å²) in [5, 5.41) is 8.98. The number of H-pyrrole nitrogens is 1. The second-order valence-corrected chi connectivity index (χ2v) is 9.57. The van der Waals surface area contributed by atoms with Crippen LogP contribution < -0.4 is 4.90 Å². The van der Waals surface area contributed by atoms with Gasteiger partial charge in [0.25, 0.3) is 0 Å². The number of piperidine rings is 1. The van der Waals surface area contributed by atoms with Crippen LogP contribution in [0.1, 0.15) is 50.5 Å². The third-order valence-electron chi connectivity index (χ3n) is 7.07. The summed E-state index contributed by atoms with van der Waals surface area (Å²) in [5.41, 5.74) is 4.22. The maximum Gasteiger partial charge on any atom is 0.303 e. The monoisotopic (exact) mass is 448 g/mol. The van der Waals surface area contributed by atoms with Gasteiger partial charge in [-0.25, -0.2) is 9.97 Å². The van der Waals surface area contributed by atoms with Gasteiger partial charge in [0.15, 0.2) is 0 Å². The van der Waals surface area contributed by atoms with Gasteiger partial charge in [-0.05, 0) is 81.2 Å². The SMILES string of the molecule is Cc1ccc2nc(-c3ccc(N4CCC(OC5CCC(CC(=O)O)CC5)CC4)nc3)[nH]c2c1. The number of nitrogens with one attached hydrogen (secondary N) is 1. The summed E-state index contributed by atoms with van der Waals surface area (Å²) in [6, 6.07) is 10.4. The molecule has 174 valence electrons. The minimum atomic E-state index is -0.680. The number of carbonyl (C=O) groups is 1. The maximum absolute atomic E-state index is 10.9. The molecule has 1 saturated carbocycles. The van der Waals surface area contributed by atoms with Gasteiger partial charge in [0.1, 0.15) is 11.6 Å². The molecule has 2 fully saturated rings. The average molecular weight is 449 g/mol. The van der Waals surface area contributed by atoms with Crippen molar-refractivity contribution in [2.45, 2.75) is 64.1 Å². The van der Waals surface area contributed by atoms with Crippen LogP contribution in [0.3, 0.4) is 0 Å². The van der Waals surface area contributed by atoms with Crippen molar-refractivity contribution in [3.05, 3.63) is 42.1 Å². The van der Waals surface area contributed by atoms with E-state index in [1.165, 1.54) is 5.56 Å². The van der Waals surface area contributed by atoms with Gasteiger partial charge >= 0.3 is 5.97 Å². The zero-order chi connectivity index (χ0) is 22.8. The molecule has 2 aromatic heterocycles. The molecule has 2 N–H and O–H groups in total. The highest BCUT2D eigenvalue weighted by Crippen LogP contribution is 2.31. The lowest BCUT2D eigenvalue weighted by atomic mass is 9.85. The van der Waals surface area contributed by atoms with Crippen molar-refractivity contribution in [2.24, 2.45) is 5.92 Å². The lowest BCUT2D eigenvalue weighted by molar-refractivity contribution is -0.138. The summed E-state index contributed by atoms with van der Waals surface area (Å²) in [5.74, 6) is 1.49. The van der Waals surface area contributed by atoms with Gasteiger partial charge in [-0.2, -0.15) is 0 Å². The van der Waals surface area contributed by atoms with Crippen molar-refractivity contribution in [3.8, 4) is 11.4 Å². The number of fused-ring (bicyclic) bond motifs is 1. The van der Waals surface area contributed by atoms with E-state index < -0.39 is 5.97 Å². The summed E-state index contributed by atoms with van der Waals surface area (Å²) in [7, 11) is 0. The Kier molecular flexibility index (Phi) is 6.31. The van der Waals surface area contributed by atoms with Crippen molar-refractivity contribution >= 4 is 22.8 Å². The van der Waals surface area contributed by atoms with Crippen molar-refractivity contribution in [3.63, 3.8) is 0 Å². The van der Waals surface area contributed by atoms with Crippen molar-refractivity contribution in [2.75, 3.05) is 18.0 Å². The summed E-state index contributed by atoms with van der Waals surface area (Å²) in [6.45, 7) is 3.96. The first-order chi connectivity index (χ1) is 16.0. The molecular weight excluding hydrogens is 416 g/mol. The summed E-state index contributed by atoms with van der Waals surface area (Å²) < 4.78 is 6.38. The number of hydrogen-bond acceptors (Lipinski definition) is 5. The summed E-state index contributed by atoms with van der Waals surface area (Å²) >= 11 is 0. The van der Waals surface area contributed by atoms with E-state index in [2.05, 4.69) is 41.1 Å². The molecule has 0 amide bonds. The molecule has 5 rings (SSSR count). The molecule has 0 unspecified atom stereocenters. The molecular formula is C26H32N4O3. The van der Waals surface area contributed by atoms with Crippen molar-refractivity contribution in [1.82, 2.24) is 15.0 Å². The van der Waals surface area contributed by atoms with Crippen LogP contribution in [0.2, 0.25) is 0 Å². The number of imidazole rings is 1. The number of benzene rings is 1. The molecule has 1 aliphatic heterocycles. The van der Waals surface area contributed by atoms with Crippen LogP contribution in [-0.4, -0.2) is 51.3 Å². The minimum Gasteiger partial charge on any atom is -0.481 e. The Labute approximate surface area is 194 Å². The van der Waals surface area contributed by atoms with Gasteiger partial charge in [0.2, 0.25) is 0 Å². The number of ether oxygens (including phenoxy) is 1. The molecule has 7 heteroatoms. The number of aliphatic carboxylic acids is 1. The fraction of sp³-hybridized carbons (Fsp3) is 0.500. The molecule has 3 aromatic rings. The number of rotatable bonds is 6. The zero-order valence-corrected chi connectivity index (χ0v) is 19.2. The highest BCUT2D eigenvalue weighted by molar-refractivity contribution is 5.80. The predicted octanol–water partition coefficient (Wildman–Crippen LogP) is 4.95. The van der Waals surface area contributed by atoms with Crippen LogP contribution in [0.5, 0.6) is 0 Å². The first-order valence-electron chi connectivity index (χ1n) is 12.1. The zero-order valence-electron chi connectivity index (χ0n) is 19.2. The van der Waals surface area contributed by atoms with Crippen molar-refractivity contribution in [1.29, 1.82) is 0 Å². The first kappa shape index (κ1) is 21.9. The van der Waals surface area contributed by atoms with Crippen LogP contribution in [-0.2, 0) is 9.53 Å². The Bertz CT molecular complexity index is 1090. The number of anilines is 1. The Hall–Kier alpha value is -2.93. The molecule has 3 heterocycles. The summed E-state index contributed by atoms with van der Waals surface area (Å²) in [4.78, 5) is 26.0. The number of aromatic nitrogens is 3. The highest BCUT2D eigenvalue weighted by atomic mass is 16.5. The average Bonchev–Trinajstić information content (AvgIpc) is 3.24. The maximum atomic E-state index is 10.9. The van der Waals surface area contributed by atoms with E-state index in [0.717, 1.165) is 79.9 Å². The topological polar surface area (TPSA) is 91.3 Å². The van der Waals surface area contributed by atoms with Gasteiger partial charge in [0, 0.05) is 31.3 Å². The molecule has 0 atom stereocenters. The van der Waals surface area contributed by atoms with Gasteiger partial charge in [0.05, 0.1) is 23.2 Å². The largest absolute Gasteiger partial charge is 0.481 e. The first-order valence-corrected chi connectivity index (χ1v) is 12.1. The fourth-order valence-electron chi connectivity index (χ4n) is 5.19. The fourth-order valence-corrected chi connectivity index (χ4v) is 5.19. The van der Waals surface area contributed by atoms with Crippen LogP contribution >= 0.6 is 0 Å². The third-order valence-corrected chi connectivity index (χ3v) is 7.07. The number of hydrogen-bond donors (Lipinski definition) is 2. The van der Waals surface area contributed by atoms with E-state index in [4.69, 9.17) is 19.8 Å². The molecule has 7 nitrogen and oxygen atoms in total. The van der Waals surface area contributed by atoms with E-state index in [1.54, 1.807) is 0 Å². The lowest BCUT2D eigenvalue weighted by Crippen LogP contribution is -2.39. The van der Waals surface area contributed by atoms with E-state index in [0.29, 0.717) is 18.4 Å². The Morgan fingerprint density at radius 3 is 2.55 bits per heavy atom. The smallest absolute Gasteiger partial charge is 0.303 e. The predicted molar refractivity (Wildman–Crippen MR) is 128 cm³/mol. The molecule has 33 heavy (non-hydrogen) atoms. The van der Waals surface area contributed by atoms with Crippen LogP contribution in [0.25, 0.3) is 22.4 Å². The normalized spacial score (nSPS) is 22.0. The van der Waals surface area contributed by atoms with Gasteiger partial charge < -0.3 is 19.7 Å². The number of carboxylic acids is 1. The molecule has 0 spiro atoms. The standard InChI is InChI=1S/C26H32N4O3/c1-17-2-8-22-23(14-17)29-26(28-22)19-5-9-24(27-16-19)30-12-10-21(11-13-30)33-20-6-3-18(4-7-20)15-25(31)32/h2,5,8-9,14,16,18,20-21H,3-4,6-7,10-13,15H2,1H3,(H,28,29)(H,31,32). The number of carboxylic acid groups (broad SMARTS) is 1. The Balaban J connectivity index is 1.12. The highest BCUT2D eigenvalue weighted by Gasteiger charge is 2.28. The van der Waals surface area contributed by atoms with Gasteiger partial charge in [-0.3, -0.25) is 4.79 Å². The minimum absolute atomic E-state index is 0.289. The number of nitrogens with zero attached hydrogens (tertiary/aromatic N) is 3. The quantitative estimate of drug-likeness (QED) is 0.554. The molecule has 0 bridgehead atoms. The Morgan fingerprint density at radius 2 is 1.85 bits per heavy atom. The number of pyridine rings is 1. The molecule has 1 saturated heterocycles. The molecule has 2 aliphatic rings. The molecule has 1 aromatic carbocycles. The van der Waals surface area contributed by atoms with E-state index in [1.807, 2.05) is 12.3 Å². The Morgan fingerprint density at radius 1 is 1.09 bits per heavy atom. The third kappa shape index (κ3) is 5.19. The van der Waals surface area contributed by atoms with Crippen LogP contribution in [0.15, 0.2) is 36.5 Å². The summed E-state index contributed by atoms with van der Waals surface area (Å²) in [6.07, 6.45) is 8.70. The van der Waals surface area contributed by atoms with E-state index >= 15 is 0 Å². The van der Waals surface area contributed by atoms with Crippen molar-refractivity contribution < 1.29 is 14.6 Å².